The fourth-order valence-electron chi connectivity index (χ4n) is 4.96. The van der Waals surface area contributed by atoms with Crippen molar-refractivity contribution in [3.05, 3.63) is 29.8 Å². The normalized spacial score (nSPS) is 25.3. The zero-order valence-corrected chi connectivity index (χ0v) is 18.0. The van der Waals surface area contributed by atoms with Gasteiger partial charge in [0, 0.05) is 43.5 Å². The molecule has 2 fully saturated rings. The number of primary amides is 1. The number of hydrogen-bond donors (Lipinski definition) is 1. The molecule has 1 aromatic carbocycles. The first kappa shape index (κ1) is 22.9. The summed E-state index contributed by atoms with van der Waals surface area (Å²) in [6.45, 7) is 8.10. The Bertz CT molecular complexity index is 697. The fraction of sp³-hybridized carbons (Fsp3) is 0.696. The maximum absolute atomic E-state index is 13.0. The smallest absolute Gasteiger partial charge is 0.370 e. The van der Waals surface area contributed by atoms with Crippen molar-refractivity contribution >= 4 is 11.6 Å². The van der Waals surface area contributed by atoms with Gasteiger partial charge < -0.3 is 10.6 Å². The van der Waals surface area contributed by atoms with Crippen LogP contribution in [0, 0.1) is 17.8 Å². The lowest BCUT2D eigenvalue weighted by Crippen LogP contribution is -2.43. The molecular formula is C23H34F3N3O. The lowest BCUT2D eigenvalue weighted by atomic mass is 9.81. The predicted molar refractivity (Wildman–Crippen MR) is 113 cm³/mol. The summed E-state index contributed by atoms with van der Waals surface area (Å²) in [7, 11) is 0. The van der Waals surface area contributed by atoms with E-state index in [2.05, 4.69) is 23.6 Å². The van der Waals surface area contributed by atoms with Crippen LogP contribution in [0.2, 0.25) is 0 Å². The minimum atomic E-state index is -4.04. The minimum absolute atomic E-state index is 0.271. The molecule has 30 heavy (non-hydrogen) atoms. The van der Waals surface area contributed by atoms with Gasteiger partial charge in [-0.15, -0.1) is 0 Å². The molecular weight excluding hydrogens is 391 g/mol. The maximum Gasteiger partial charge on any atom is 0.391 e. The molecule has 2 aliphatic rings. The van der Waals surface area contributed by atoms with Gasteiger partial charge in [0.2, 0.25) is 5.91 Å². The van der Waals surface area contributed by atoms with Crippen LogP contribution in [0.3, 0.4) is 0 Å². The van der Waals surface area contributed by atoms with Crippen LogP contribution in [-0.2, 0) is 0 Å². The Hall–Kier alpha value is -1.76. The van der Waals surface area contributed by atoms with Crippen molar-refractivity contribution in [2.45, 2.75) is 58.2 Å². The van der Waals surface area contributed by atoms with Crippen molar-refractivity contribution in [2.75, 3.05) is 31.1 Å². The maximum atomic E-state index is 13.0. The first-order valence-corrected chi connectivity index (χ1v) is 11.1. The van der Waals surface area contributed by atoms with Crippen molar-refractivity contribution in [1.82, 2.24) is 4.90 Å². The molecule has 0 bridgehead atoms. The van der Waals surface area contributed by atoms with Gasteiger partial charge in [-0.05, 0) is 68.2 Å². The molecule has 1 aromatic rings. The standard InChI is InChI=1S/C23H34F3N3O/c1-16(2)13-29(14-17-3-7-19(8-4-17)23(24,25)26)21-11-12-28(15-21)20-9-5-18(6-10-20)22(27)30/h5-6,9-10,16-17,19,21H,3-4,7-8,11-15H2,1-2H3,(H2,27,30)/t17-,19-,21-/m1/s1. The van der Waals surface area contributed by atoms with Gasteiger partial charge in [0.25, 0.3) is 0 Å². The molecule has 4 nitrogen and oxygen atoms in total. The van der Waals surface area contributed by atoms with Gasteiger partial charge in [-0.2, -0.15) is 13.2 Å². The number of alkyl halides is 3. The van der Waals surface area contributed by atoms with E-state index in [4.69, 9.17) is 5.73 Å². The van der Waals surface area contributed by atoms with E-state index in [-0.39, 0.29) is 12.8 Å². The molecule has 1 atom stereocenters. The largest absolute Gasteiger partial charge is 0.391 e. The second-order valence-electron chi connectivity index (χ2n) is 9.41. The highest BCUT2D eigenvalue weighted by Crippen LogP contribution is 2.40. The number of benzene rings is 1. The molecule has 1 aliphatic carbocycles. The molecule has 1 saturated heterocycles. The topological polar surface area (TPSA) is 49.6 Å². The van der Waals surface area contributed by atoms with Gasteiger partial charge in [-0.3, -0.25) is 9.69 Å². The van der Waals surface area contributed by atoms with Crippen LogP contribution in [0.1, 0.15) is 56.3 Å². The van der Waals surface area contributed by atoms with Gasteiger partial charge in [-0.1, -0.05) is 13.8 Å². The zero-order chi connectivity index (χ0) is 21.9. The van der Waals surface area contributed by atoms with Crippen LogP contribution < -0.4 is 10.6 Å². The van der Waals surface area contributed by atoms with Gasteiger partial charge in [-0.25, -0.2) is 0 Å². The Morgan fingerprint density at radius 2 is 1.77 bits per heavy atom. The Morgan fingerprint density at radius 1 is 1.13 bits per heavy atom. The number of nitrogens with zero attached hydrogens (tertiary/aromatic N) is 2. The first-order valence-electron chi connectivity index (χ1n) is 11.1. The van der Waals surface area contributed by atoms with E-state index in [0.29, 0.717) is 36.3 Å². The van der Waals surface area contributed by atoms with Crippen molar-refractivity contribution < 1.29 is 18.0 Å². The monoisotopic (exact) mass is 425 g/mol. The van der Waals surface area contributed by atoms with Gasteiger partial charge >= 0.3 is 6.18 Å². The average molecular weight is 426 g/mol. The van der Waals surface area contributed by atoms with E-state index in [1.54, 1.807) is 12.1 Å². The van der Waals surface area contributed by atoms with Crippen LogP contribution in [0.15, 0.2) is 24.3 Å². The molecule has 1 amide bonds. The predicted octanol–water partition coefficient (Wildman–Crippen LogP) is 4.69. The molecule has 168 valence electrons. The third-order valence-corrected chi connectivity index (χ3v) is 6.60. The van der Waals surface area contributed by atoms with E-state index in [1.807, 2.05) is 12.1 Å². The molecule has 0 aromatic heterocycles. The van der Waals surface area contributed by atoms with E-state index >= 15 is 0 Å². The SMILES string of the molecule is CC(C)CN(C[C@H]1CC[C@H](C(F)(F)F)CC1)[C@@H]1CCN(c2ccc(C(N)=O)cc2)C1. The lowest BCUT2D eigenvalue weighted by molar-refractivity contribution is -0.184. The highest BCUT2D eigenvalue weighted by Gasteiger charge is 2.42. The van der Waals surface area contributed by atoms with E-state index < -0.39 is 18.0 Å². The summed E-state index contributed by atoms with van der Waals surface area (Å²) in [5.74, 6) is -0.673. The molecule has 3 rings (SSSR count). The highest BCUT2D eigenvalue weighted by atomic mass is 19.4. The van der Waals surface area contributed by atoms with Gasteiger partial charge in [0.05, 0.1) is 5.92 Å². The minimum Gasteiger partial charge on any atom is -0.370 e. The van der Waals surface area contributed by atoms with Crippen molar-refractivity contribution in [3.63, 3.8) is 0 Å². The molecule has 2 N–H and O–H groups in total. The average Bonchev–Trinajstić information content (AvgIpc) is 3.17. The molecule has 1 heterocycles. The van der Waals surface area contributed by atoms with E-state index in [9.17, 15) is 18.0 Å². The van der Waals surface area contributed by atoms with E-state index in [0.717, 1.165) is 38.3 Å². The summed E-state index contributed by atoms with van der Waals surface area (Å²) in [6, 6.07) is 7.80. The molecule has 0 spiro atoms. The first-order chi connectivity index (χ1) is 14.1. The molecule has 0 unspecified atom stereocenters. The number of carbonyl (C=O) groups excluding carboxylic acids is 1. The lowest BCUT2D eigenvalue weighted by Gasteiger charge is -2.37. The third kappa shape index (κ3) is 5.90. The van der Waals surface area contributed by atoms with E-state index in [1.165, 1.54) is 0 Å². The van der Waals surface area contributed by atoms with Crippen molar-refractivity contribution in [3.8, 4) is 0 Å². The number of nitrogens with two attached hydrogens (primary N) is 1. The Labute approximate surface area is 177 Å². The van der Waals surface area contributed by atoms with Crippen molar-refractivity contribution in [2.24, 2.45) is 23.5 Å². The summed E-state index contributed by atoms with van der Waals surface area (Å²) in [5.41, 5.74) is 6.91. The van der Waals surface area contributed by atoms with Crippen LogP contribution in [0.5, 0.6) is 0 Å². The number of halogens is 3. The number of amides is 1. The summed E-state index contributed by atoms with van der Waals surface area (Å²) < 4.78 is 38.9. The molecule has 0 radical (unpaired) electrons. The van der Waals surface area contributed by atoms with Crippen LogP contribution in [0.4, 0.5) is 18.9 Å². The number of carbonyl (C=O) groups is 1. The second-order valence-corrected chi connectivity index (χ2v) is 9.41. The number of rotatable bonds is 7. The Balaban J connectivity index is 1.59. The van der Waals surface area contributed by atoms with Gasteiger partial charge in [0.15, 0.2) is 0 Å². The summed E-state index contributed by atoms with van der Waals surface area (Å²) in [6.07, 6.45) is -1.12. The Kier molecular flexibility index (Phi) is 7.32. The Morgan fingerprint density at radius 3 is 2.30 bits per heavy atom. The molecule has 1 saturated carbocycles. The van der Waals surface area contributed by atoms with Crippen LogP contribution in [-0.4, -0.2) is 49.2 Å². The van der Waals surface area contributed by atoms with Crippen LogP contribution in [0.25, 0.3) is 0 Å². The molecule has 1 aliphatic heterocycles. The summed E-state index contributed by atoms with van der Waals surface area (Å²) in [5, 5.41) is 0. The number of anilines is 1. The molecule has 7 heteroatoms. The fourth-order valence-corrected chi connectivity index (χ4v) is 4.96. The van der Waals surface area contributed by atoms with Gasteiger partial charge in [0.1, 0.15) is 0 Å². The van der Waals surface area contributed by atoms with Crippen LogP contribution >= 0.6 is 0 Å². The third-order valence-electron chi connectivity index (χ3n) is 6.60. The number of hydrogen-bond acceptors (Lipinski definition) is 3. The summed E-state index contributed by atoms with van der Waals surface area (Å²) in [4.78, 5) is 16.1. The van der Waals surface area contributed by atoms with Crippen molar-refractivity contribution in [1.29, 1.82) is 0 Å². The second kappa shape index (κ2) is 9.58. The summed E-state index contributed by atoms with van der Waals surface area (Å²) >= 11 is 0. The highest BCUT2D eigenvalue weighted by molar-refractivity contribution is 5.93. The quantitative estimate of drug-likeness (QED) is 0.689. The zero-order valence-electron chi connectivity index (χ0n) is 18.0.